The SMILES string of the molecule is CC1(C)O[C@@H]2[C@H](O1)[C@@H](CO)O[C@H]2n1ccc2c(CC3CCCC3)nc(Cl)nc21. The zero-order chi connectivity index (χ0) is 19.5. The van der Waals surface area contributed by atoms with Crippen LogP contribution < -0.4 is 0 Å². The van der Waals surface area contributed by atoms with Crippen LogP contribution in [0.1, 0.15) is 51.5 Å². The zero-order valence-corrected chi connectivity index (χ0v) is 16.9. The highest BCUT2D eigenvalue weighted by Crippen LogP contribution is 2.44. The van der Waals surface area contributed by atoms with Gasteiger partial charge in [0.25, 0.3) is 0 Å². The number of aromatic nitrogens is 3. The summed E-state index contributed by atoms with van der Waals surface area (Å²) in [5.41, 5.74) is 1.74. The Hall–Kier alpha value is -1.25. The zero-order valence-electron chi connectivity index (χ0n) is 16.2. The fourth-order valence-corrected chi connectivity index (χ4v) is 5.13. The molecule has 0 amide bonds. The normalized spacial score (nSPS) is 32.4. The number of aliphatic hydroxyl groups excluding tert-OH is 1. The van der Waals surface area contributed by atoms with E-state index in [1.165, 1.54) is 25.7 Å². The number of fused-ring (bicyclic) bond motifs is 2. The highest BCUT2D eigenvalue weighted by atomic mass is 35.5. The van der Waals surface area contributed by atoms with E-state index < -0.39 is 18.1 Å². The average molecular weight is 408 g/mol. The number of halogens is 1. The summed E-state index contributed by atoms with van der Waals surface area (Å²) >= 11 is 6.29. The van der Waals surface area contributed by atoms with Gasteiger partial charge < -0.3 is 23.9 Å². The number of nitrogens with zero attached hydrogens (tertiary/aromatic N) is 3. The maximum absolute atomic E-state index is 9.74. The second-order valence-corrected chi connectivity index (χ2v) is 8.90. The summed E-state index contributed by atoms with van der Waals surface area (Å²) in [6, 6.07) is 2.03. The molecule has 1 N–H and O–H groups in total. The Labute approximate surface area is 169 Å². The van der Waals surface area contributed by atoms with Crippen LogP contribution in [-0.4, -0.2) is 50.3 Å². The molecule has 1 aliphatic carbocycles. The summed E-state index contributed by atoms with van der Waals surface area (Å²) < 4.78 is 20.1. The molecule has 8 heteroatoms. The van der Waals surface area contributed by atoms with Crippen molar-refractivity contribution in [1.29, 1.82) is 0 Å². The largest absolute Gasteiger partial charge is 0.394 e. The number of hydrogen-bond acceptors (Lipinski definition) is 6. The van der Waals surface area contributed by atoms with Crippen molar-refractivity contribution in [2.75, 3.05) is 6.61 Å². The van der Waals surface area contributed by atoms with Crippen LogP contribution in [0.3, 0.4) is 0 Å². The molecule has 28 heavy (non-hydrogen) atoms. The predicted octanol–water partition coefficient (Wildman–Crippen LogP) is 3.23. The molecule has 0 spiro atoms. The first-order valence-corrected chi connectivity index (χ1v) is 10.5. The van der Waals surface area contributed by atoms with E-state index in [-0.39, 0.29) is 24.1 Å². The van der Waals surface area contributed by atoms with Crippen molar-refractivity contribution in [2.24, 2.45) is 5.92 Å². The molecule has 4 heterocycles. The van der Waals surface area contributed by atoms with Gasteiger partial charge in [-0.1, -0.05) is 25.7 Å². The van der Waals surface area contributed by atoms with Crippen LogP contribution in [0.2, 0.25) is 5.28 Å². The van der Waals surface area contributed by atoms with Gasteiger partial charge >= 0.3 is 0 Å². The van der Waals surface area contributed by atoms with Crippen LogP contribution in [0.5, 0.6) is 0 Å². The van der Waals surface area contributed by atoms with Gasteiger partial charge in [-0.3, -0.25) is 0 Å². The maximum atomic E-state index is 9.74. The van der Waals surface area contributed by atoms with Gasteiger partial charge in [0.2, 0.25) is 5.28 Å². The summed E-state index contributed by atoms with van der Waals surface area (Å²) in [6.07, 6.45) is 6.43. The minimum atomic E-state index is -0.714. The molecule has 0 aromatic carbocycles. The van der Waals surface area contributed by atoms with E-state index in [0.29, 0.717) is 5.92 Å². The molecule has 0 unspecified atom stereocenters. The molecule has 7 nitrogen and oxygen atoms in total. The van der Waals surface area contributed by atoms with Crippen LogP contribution in [0.4, 0.5) is 0 Å². The summed E-state index contributed by atoms with van der Waals surface area (Å²) in [4.78, 5) is 9.02. The number of rotatable bonds is 4. The van der Waals surface area contributed by atoms with E-state index in [1.54, 1.807) is 0 Å². The van der Waals surface area contributed by atoms with E-state index in [0.717, 1.165) is 23.1 Å². The van der Waals surface area contributed by atoms with Gasteiger partial charge in [0.05, 0.1) is 12.3 Å². The van der Waals surface area contributed by atoms with Crippen molar-refractivity contribution in [3.05, 3.63) is 23.2 Å². The maximum Gasteiger partial charge on any atom is 0.224 e. The molecule has 4 atom stereocenters. The van der Waals surface area contributed by atoms with Crippen LogP contribution in [0.25, 0.3) is 11.0 Å². The molecular weight excluding hydrogens is 382 g/mol. The summed E-state index contributed by atoms with van der Waals surface area (Å²) in [5.74, 6) is -0.0515. The molecule has 3 fully saturated rings. The molecule has 5 rings (SSSR count). The first kappa shape index (κ1) is 18.8. The summed E-state index contributed by atoms with van der Waals surface area (Å²) in [6.45, 7) is 3.63. The molecule has 2 aliphatic heterocycles. The van der Waals surface area contributed by atoms with E-state index >= 15 is 0 Å². The van der Waals surface area contributed by atoms with Crippen LogP contribution in [0.15, 0.2) is 12.3 Å². The standard InChI is InChI=1S/C20H26ClN3O4/c1-20(2)27-15-14(10-25)26-18(16(15)28-20)24-8-7-12-13(9-11-5-3-4-6-11)22-19(21)23-17(12)24/h7-8,11,14-16,18,25H,3-6,9-10H2,1-2H3/t14-,15-,16-,18-/m1/s1. The lowest BCUT2D eigenvalue weighted by Gasteiger charge is -2.24. The van der Waals surface area contributed by atoms with Gasteiger partial charge in [-0.05, 0) is 43.9 Å². The van der Waals surface area contributed by atoms with Gasteiger partial charge in [0.15, 0.2) is 12.0 Å². The Bertz CT molecular complexity index is 880. The first-order valence-electron chi connectivity index (χ1n) is 10.1. The lowest BCUT2D eigenvalue weighted by Crippen LogP contribution is -2.31. The highest BCUT2D eigenvalue weighted by Gasteiger charge is 2.55. The third-order valence-corrected chi connectivity index (χ3v) is 6.33. The minimum absolute atomic E-state index is 0.126. The Morgan fingerprint density at radius 2 is 1.96 bits per heavy atom. The molecule has 3 aliphatic rings. The molecule has 1 saturated carbocycles. The summed E-state index contributed by atoms with van der Waals surface area (Å²) in [7, 11) is 0. The first-order chi connectivity index (χ1) is 13.4. The fourth-order valence-electron chi connectivity index (χ4n) is 4.95. The van der Waals surface area contributed by atoms with Gasteiger partial charge in [-0.2, -0.15) is 4.98 Å². The average Bonchev–Trinajstić information content (AvgIpc) is 3.38. The molecule has 2 saturated heterocycles. The lowest BCUT2D eigenvalue weighted by atomic mass is 10.0. The fraction of sp³-hybridized carbons (Fsp3) is 0.700. The quantitative estimate of drug-likeness (QED) is 0.784. The third-order valence-electron chi connectivity index (χ3n) is 6.16. The number of hydrogen-bond donors (Lipinski definition) is 1. The van der Waals surface area contributed by atoms with Crippen LogP contribution >= 0.6 is 11.6 Å². The molecule has 0 bridgehead atoms. The second kappa shape index (κ2) is 6.92. The molecule has 2 aromatic rings. The van der Waals surface area contributed by atoms with Gasteiger partial charge in [-0.15, -0.1) is 0 Å². The molecule has 0 radical (unpaired) electrons. The van der Waals surface area contributed by atoms with Crippen molar-refractivity contribution >= 4 is 22.6 Å². The van der Waals surface area contributed by atoms with Gasteiger partial charge in [0, 0.05) is 11.6 Å². The van der Waals surface area contributed by atoms with Gasteiger partial charge in [0.1, 0.15) is 24.0 Å². The topological polar surface area (TPSA) is 78.6 Å². The van der Waals surface area contributed by atoms with Crippen LogP contribution in [-0.2, 0) is 20.6 Å². The van der Waals surface area contributed by atoms with Crippen molar-refractivity contribution in [2.45, 2.75) is 76.3 Å². The Morgan fingerprint density at radius 1 is 1.21 bits per heavy atom. The highest BCUT2D eigenvalue weighted by molar-refractivity contribution is 6.28. The Morgan fingerprint density at radius 3 is 2.71 bits per heavy atom. The minimum Gasteiger partial charge on any atom is -0.394 e. The molecule has 152 valence electrons. The summed E-state index contributed by atoms with van der Waals surface area (Å²) in [5, 5.41) is 11.0. The predicted molar refractivity (Wildman–Crippen MR) is 103 cm³/mol. The Balaban J connectivity index is 1.52. The van der Waals surface area contributed by atoms with Crippen molar-refractivity contribution in [1.82, 2.24) is 14.5 Å². The molecule has 2 aromatic heterocycles. The number of ether oxygens (including phenoxy) is 3. The molecular formula is C20H26ClN3O4. The lowest BCUT2D eigenvalue weighted by molar-refractivity contribution is -0.199. The Kier molecular flexibility index (Phi) is 4.63. The van der Waals surface area contributed by atoms with Crippen molar-refractivity contribution < 1.29 is 19.3 Å². The second-order valence-electron chi connectivity index (χ2n) is 8.57. The number of aliphatic hydroxyl groups is 1. The van der Waals surface area contributed by atoms with Crippen LogP contribution in [0, 0.1) is 5.92 Å². The van der Waals surface area contributed by atoms with E-state index in [1.807, 2.05) is 30.7 Å². The van der Waals surface area contributed by atoms with Crippen molar-refractivity contribution in [3.8, 4) is 0 Å². The van der Waals surface area contributed by atoms with Crippen molar-refractivity contribution in [3.63, 3.8) is 0 Å². The third kappa shape index (κ3) is 3.13. The van der Waals surface area contributed by atoms with Gasteiger partial charge in [-0.25, -0.2) is 4.98 Å². The van der Waals surface area contributed by atoms with E-state index in [2.05, 4.69) is 9.97 Å². The monoisotopic (exact) mass is 407 g/mol. The van der Waals surface area contributed by atoms with E-state index in [9.17, 15) is 5.11 Å². The van der Waals surface area contributed by atoms with E-state index in [4.69, 9.17) is 25.8 Å². The smallest absolute Gasteiger partial charge is 0.224 e.